The summed E-state index contributed by atoms with van der Waals surface area (Å²) in [4.78, 5) is 14.4. The fourth-order valence-corrected chi connectivity index (χ4v) is 2.74. The van der Waals surface area contributed by atoms with Gasteiger partial charge in [-0.05, 0) is 31.1 Å². The SMILES string of the molecule is CCC[C@@H](C(=O)N1CC[C@H](CCO)C1)C(C)C. The molecule has 0 aliphatic carbocycles. The van der Waals surface area contributed by atoms with Gasteiger partial charge in [0.05, 0.1) is 0 Å². The first-order chi connectivity index (χ1) is 8.10. The van der Waals surface area contributed by atoms with Crippen LogP contribution in [0.2, 0.25) is 0 Å². The van der Waals surface area contributed by atoms with E-state index in [2.05, 4.69) is 20.8 Å². The van der Waals surface area contributed by atoms with Gasteiger partial charge in [0.15, 0.2) is 0 Å². The van der Waals surface area contributed by atoms with Gasteiger partial charge in [0, 0.05) is 25.6 Å². The lowest BCUT2D eigenvalue weighted by atomic mass is 9.90. The summed E-state index contributed by atoms with van der Waals surface area (Å²) in [6.07, 6.45) is 3.97. The summed E-state index contributed by atoms with van der Waals surface area (Å²) in [6, 6.07) is 0. The van der Waals surface area contributed by atoms with Gasteiger partial charge >= 0.3 is 0 Å². The zero-order valence-corrected chi connectivity index (χ0v) is 11.5. The van der Waals surface area contributed by atoms with Crippen LogP contribution in [-0.2, 0) is 4.79 Å². The predicted molar refractivity (Wildman–Crippen MR) is 69.6 cm³/mol. The zero-order valence-electron chi connectivity index (χ0n) is 11.5. The van der Waals surface area contributed by atoms with E-state index in [1.165, 1.54) is 0 Å². The van der Waals surface area contributed by atoms with E-state index in [4.69, 9.17) is 5.11 Å². The largest absolute Gasteiger partial charge is 0.396 e. The van der Waals surface area contributed by atoms with E-state index in [1.807, 2.05) is 4.90 Å². The lowest BCUT2D eigenvalue weighted by molar-refractivity contribution is -0.136. The molecular weight excluding hydrogens is 214 g/mol. The minimum atomic E-state index is 0.188. The summed E-state index contributed by atoms with van der Waals surface area (Å²) in [5, 5.41) is 8.93. The van der Waals surface area contributed by atoms with E-state index in [1.54, 1.807) is 0 Å². The van der Waals surface area contributed by atoms with Crippen molar-refractivity contribution in [3.63, 3.8) is 0 Å². The summed E-state index contributed by atoms with van der Waals surface area (Å²) >= 11 is 0. The second-order valence-electron chi connectivity index (χ2n) is 5.59. The molecule has 0 bridgehead atoms. The third kappa shape index (κ3) is 3.98. The molecule has 1 aliphatic rings. The number of nitrogens with zero attached hydrogens (tertiary/aromatic N) is 1. The number of carbonyl (C=O) groups is 1. The molecule has 1 amide bonds. The smallest absolute Gasteiger partial charge is 0.225 e. The van der Waals surface area contributed by atoms with Crippen LogP contribution < -0.4 is 0 Å². The number of amides is 1. The van der Waals surface area contributed by atoms with E-state index < -0.39 is 0 Å². The molecule has 3 heteroatoms. The van der Waals surface area contributed by atoms with Gasteiger partial charge in [-0.2, -0.15) is 0 Å². The number of likely N-dealkylation sites (tertiary alicyclic amines) is 1. The Kier molecular flexibility index (Phi) is 5.96. The molecule has 2 atom stereocenters. The average molecular weight is 241 g/mol. The van der Waals surface area contributed by atoms with E-state index in [-0.39, 0.29) is 12.5 Å². The summed E-state index contributed by atoms with van der Waals surface area (Å²) in [5.74, 6) is 1.47. The van der Waals surface area contributed by atoms with Crippen LogP contribution in [0.1, 0.15) is 46.5 Å². The molecular formula is C14H27NO2. The maximum atomic E-state index is 12.4. The second kappa shape index (κ2) is 7.00. The average Bonchev–Trinajstić information content (AvgIpc) is 2.73. The van der Waals surface area contributed by atoms with Crippen molar-refractivity contribution in [1.82, 2.24) is 4.90 Å². The Balaban J connectivity index is 2.51. The fourth-order valence-electron chi connectivity index (χ4n) is 2.74. The highest BCUT2D eigenvalue weighted by atomic mass is 16.3. The lowest BCUT2D eigenvalue weighted by Gasteiger charge is -2.26. The van der Waals surface area contributed by atoms with Gasteiger partial charge in [0.1, 0.15) is 0 Å². The van der Waals surface area contributed by atoms with Crippen molar-refractivity contribution in [2.24, 2.45) is 17.8 Å². The molecule has 0 aromatic carbocycles. The summed E-state index contributed by atoms with van der Waals surface area (Å²) in [5.41, 5.74) is 0. The van der Waals surface area contributed by atoms with Gasteiger partial charge in [-0.25, -0.2) is 0 Å². The Morgan fingerprint density at radius 2 is 2.18 bits per heavy atom. The van der Waals surface area contributed by atoms with Crippen molar-refractivity contribution in [3.8, 4) is 0 Å². The third-order valence-corrected chi connectivity index (χ3v) is 3.86. The molecule has 0 radical (unpaired) electrons. The van der Waals surface area contributed by atoms with Crippen LogP contribution in [0.25, 0.3) is 0 Å². The molecule has 1 N–H and O–H groups in total. The van der Waals surface area contributed by atoms with Crippen molar-refractivity contribution in [3.05, 3.63) is 0 Å². The highest BCUT2D eigenvalue weighted by Gasteiger charge is 2.31. The zero-order chi connectivity index (χ0) is 12.8. The number of aliphatic hydroxyl groups excluding tert-OH is 1. The van der Waals surface area contributed by atoms with Crippen molar-refractivity contribution in [2.45, 2.75) is 46.5 Å². The maximum Gasteiger partial charge on any atom is 0.225 e. The minimum Gasteiger partial charge on any atom is -0.396 e. The first-order valence-electron chi connectivity index (χ1n) is 6.99. The molecule has 100 valence electrons. The molecule has 0 aromatic heterocycles. The van der Waals surface area contributed by atoms with E-state index in [0.717, 1.165) is 38.8 Å². The standard InChI is InChI=1S/C14H27NO2/c1-4-5-13(11(2)3)14(17)15-8-6-12(10-15)7-9-16/h11-13,16H,4-10H2,1-3H3/t12-,13-/m1/s1. The van der Waals surface area contributed by atoms with Crippen LogP contribution in [0.4, 0.5) is 0 Å². The topological polar surface area (TPSA) is 40.5 Å². The first-order valence-corrected chi connectivity index (χ1v) is 6.99. The molecule has 1 aliphatic heterocycles. The summed E-state index contributed by atoms with van der Waals surface area (Å²) in [6.45, 7) is 8.40. The molecule has 1 rings (SSSR count). The fraction of sp³-hybridized carbons (Fsp3) is 0.929. The monoisotopic (exact) mass is 241 g/mol. The molecule has 0 spiro atoms. The lowest BCUT2D eigenvalue weighted by Crippen LogP contribution is -2.36. The van der Waals surface area contributed by atoms with E-state index in [0.29, 0.717) is 17.7 Å². The first kappa shape index (κ1) is 14.5. The number of carbonyl (C=O) groups excluding carboxylic acids is 1. The van der Waals surface area contributed by atoms with Crippen LogP contribution >= 0.6 is 0 Å². The van der Waals surface area contributed by atoms with Crippen LogP contribution in [0.5, 0.6) is 0 Å². The molecule has 1 fully saturated rings. The van der Waals surface area contributed by atoms with Crippen molar-refractivity contribution < 1.29 is 9.90 Å². The molecule has 0 unspecified atom stereocenters. The normalized spacial score (nSPS) is 22.2. The van der Waals surface area contributed by atoms with Crippen LogP contribution in [0, 0.1) is 17.8 Å². The van der Waals surface area contributed by atoms with E-state index in [9.17, 15) is 4.79 Å². The Labute approximate surface area is 105 Å². The Hall–Kier alpha value is -0.570. The van der Waals surface area contributed by atoms with Crippen LogP contribution in [0.15, 0.2) is 0 Å². The quantitative estimate of drug-likeness (QED) is 0.775. The van der Waals surface area contributed by atoms with Crippen LogP contribution in [-0.4, -0.2) is 35.6 Å². The Morgan fingerprint density at radius 1 is 1.47 bits per heavy atom. The highest BCUT2D eigenvalue weighted by Crippen LogP contribution is 2.25. The summed E-state index contributed by atoms with van der Waals surface area (Å²) in [7, 11) is 0. The maximum absolute atomic E-state index is 12.4. The molecule has 0 aromatic rings. The molecule has 1 saturated heterocycles. The van der Waals surface area contributed by atoms with Crippen molar-refractivity contribution in [1.29, 1.82) is 0 Å². The van der Waals surface area contributed by atoms with Gasteiger partial charge in [-0.1, -0.05) is 27.2 Å². The summed E-state index contributed by atoms with van der Waals surface area (Å²) < 4.78 is 0. The number of hydrogen-bond donors (Lipinski definition) is 1. The number of hydrogen-bond acceptors (Lipinski definition) is 2. The number of aliphatic hydroxyl groups is 1. The van der Waals surface area contributed by atoms with Gasteiger partial charge in [0.25, 0.3) is 0 Å². The van der Waals surface area contributed by atoms with Gasteiger partial charge in [-0.15, -0.1) is 0 Å². The third-order valence-electron chi connectivity index (χ3n) is 3.86. The van der Waals surface area contributed by atoms with Gasteiger partial charge in [-0.3, -0.25) is 4.79 Å². The minimum absolute atomic E-state index is 0.188. The van der Waals surface area contributed by atoms with E-state index >= 15 is 0 Å². The van der Waals surface area contributed by atoms with Crippen molar-refractivity contribution >= 4 is 5.91 Å². The Morgan fingerprint density at radius 3 is 2.71 bits per heavy atom. The molecule has 0 saturated carbocycles. The second-order valence-corrected chi connectivity index (χ2v) is 5.59. The van der Waals surface area contributed by atoms with Gasteiger partial charge < -0.3 is 10.0 Å². The van der Waals surface area contributed by atoms with Crippen LogP contribution in [0.3, 0.4) is 0 Å². The molecule has 3 nitrogen and oxygen atoms in total. The predicted octanol–water partition coefficient (Wildman–Crippen LogP) is 2.29. The number of rotatable bonds is 6. The molecule has 17 heavy (non-hydrogen) atoms. The van der Waals surface area contributed by atoms with Crippen molar-refractivity contribution in [2.75, 3.05) is 19.7 Å². The molecule has 1 heterocycles. The highest BCUT2D eigenvalue weighted by molar-refractivity contribution is 5.79. The van der Waals surface area contributed by atoms with Gasteiger partial charge in [0.2, 0.25) is 5.91 Å². The Bertz CT molecular complexity index is 240.